The molecule has 1 atom stereocenters. The molecular formula is C23H22O4S. The number of thioether (sulfide) groups is 1. The van der Waals surface area contributed by atoms with Crippen LogP contribution in [-0.4, -0.2) is 26.2 Å². The van der Waals surface area contributed by atoms with Gasteiger partial charge < -0.3 is 9.47 Å². The molecule has 0 amide bonds. The molecule has 0 aromatic heterocycles. The van der Waals surface area contributed by atoms with Gasteiger partial charge in [0, 0.05) is 10.1 Å². The fourth-order valence-corrected chi connectivity index (χ4v) is 4.36. The van der Waals surface area contributed by atoms with Crippen LogP contribution in [0.5, 0.6) is 0 Å². The van der Waals surface area contributed by atoms with E-state index in [0.717, 1.165) is 15.8 Å². The highest BCUT2D eigenvalue weighted by Gasteiger charge is 2.32. The summed E-state index contributed by atoms with van der Waals surface area (Å²) in [6, 6.07) is 24.3. The summed E-state index contributed by atoms with van der Waals surface area (Å²) in [7, 11) is 2.57. The second-order valence-electron chi connectivity index (χ2n) is 6.36. The number of esters is 2. The summed E-state index contributed by atoms with van der Waals surface area (Å²) in [5, 5.41) is 2.22. The Kier molecular flexibility index (Phi) is 6.71. The lowest BCUT2D eigenvalue weighted by atomic mass is 9.99. The number of hydrogen-bond acceptors (Lipinski definition) is 5. The number of ether oxygens (including phenoxy) is 2. The van der Waals surface area contributed by atoms with Crippen molar-refractivity contribution in [2.45, 2.75) is 16.6 Å². The summed E-state index contributed by atoms with van der Waals surface area (Å²) in [4.78, 5) is 25.4. The van der Waals surface area contributed by atoms with E-state index in [1.54, 1.807) is 11.8 Å². The van der Waals surface area contributed by atoms with Crippen LogP contribution in [0.3, 0.4) is 0 Å². The van der Waals surface area contributed by atoms with Crippen molar-refractivity contribution in [3.8, 4) is 0 Å². The van der Waals surface area contributed by atoms with Gasteiger partial charge in [-0.25, -0.2) is 0 Å². The van der Waals surface area contributed by atoms with Gasteiger partial charge in [0.1, 0.15) is 0 Å². The largest absolute Gasteiger partial charge is 0.468 e. The van der Waals surface area contributed by atoms with Crippen LogP contribution in [-0.2, 0) is 19.1 Å². The summed E-state index contributed by atoms with van der Waals surface area (Å²) >= 11 is 1.63. The highest BCUT2D eigenvalue weighted by Crippen LogP contribution is 2.41. The van der Waals surface area contributed by atoms with E-state index in [0.29, 0.717) is 6.42 Å². The topological polar surface area (TPSA) is 52.6 Å². The molecule has 0 radical (unpaired) electrons. The molecule has 0 aliphatic heterocycles. The van der Waals surface area contributed by atoms with Crippen molar-refractivity contribution >= 4 is 34.5 Å². The van der Waals surface area contributed by atoms with E-state index in [-0.39, 0.29) is 5.25 Å². The van der Waals surface area contributed by atoms with Gasteiger partial charge in [-0.05, 0) is 34.9 Å². The molecule has 3 aromatic carbocycles. The van der Waals surface area contributed by atoms with Gasteiger partial charge in [-0.1, -0.05) is 60.7 Å². The quantitative estimate of drug-likeness (QED) is 0.320. The number of benzene rings is 3. The van der Waals surface area contributed by atoms with E-state index < -0.39 is 17.9 Å². The van der Waals surface area contributed by atoms with Crippen LogP contribution in [0.15, 0.2) is 77.7 Å². The lowest BCUT2D eigenvalue weighted by Crippen LogP contribution is -2.27. The van der Waals surface area contributed by atoms with Crippen LogP contribution in [0, 0.1) is 5.92 Å². The molecule has 0 spiro atoms. The molecule has 4 nitrogen and oxygen atoms in total. The van der Waals surface area contributed by atoms with Gasteiger partial charge in [-0.3, -0.25) is 9.59 Å². The zero-order chi connectivity index (χ0) is 19.9. The maximum atomic E-state index is 12.2. The van der Waals surface area contributed by atoms with Crippen molar-refractivity contribution in [2.24, 2.45) is 5.92 Å². The van der Waals surface area contributed by atoms with E-state index in [2.05, 4.69) is 30.3 Å². The molecule has 5 heteroatoms. The van der Waals surface area contributed by atoms with E-state index in [1.807, 2.05) is 42.5 Å². The van der Waals surface area contributed by atoms with Crippen LogP contribution >= 0.6 is 11.8 Å². The van der Waals surface area contributed by atoms with E-state index >= 15 is 0 Å². The first-order valence-electron chi connectivity index (χ1n) is 8.98. The molecule has 1 unspecified atom stereocenters. The molecule has 3 rings (SSSR count). The summed E-state index contributed by atoms with van der Waals surface area (Å²) in [5.41, 5.74) is 1.04. The van der Waals surface area contributed by atoms with Crippen LogP contribution in [0.2, 0.25) is 0 Å². The summed E-state index contributed by atoms with van der Waals surface area (Å²) in [5.74, 6) is -2.12. The number of hydrogen-bond donors (Lipinski definition) is 0. The predicted molar refractivity (Wildman–Crippen MR) is 111 cm³/mol. The van der Waals surface area contributed by atoms with Gasteiger partial charge in [0.15, 0.2) is 5.92 Å². The zero-order valence-electron chi connectivity index (χ0n) is 15.8. The lowest BCUT2D eigenvalue weighted by molar-refractivity contribution is -0.159. The van der Waals surface area contributed by atoms with E-state index in [4.69, 9.17) is 9.47 Å². The van der Waals surface area contributed by atoms with Crippen LogP contribution < -0.4 is 0 Å². The average molecular weight is 394 g/mol. The maximum absolute atomic E-state index is 12.2. The molecule has 0 fully saturated rings. The second-order valence-corrected chi connectivity index (χ2v) is 7.64. The first kappa shape index (κ1) is 20.0. The molecule has 3 aromatic rings. The highest BCUT2D eigenvalue weighted by atomic mass is 32.2. The Labute approximate surface area is 168 Å². The summed E-state index contributed by atoms with van der Waals surface area (Å²) < 4.78 is 9.66. The van der Waals surface area contributed by atoms with Crippen molar-refractivity contribution in [3.63, 3.8) is 0 Å². The van der Waals surface area contributed by atoms with Crippen molar-refractivity contribution in [1.82, 2.24) is 0 Å². The minimum Gasteiger partial charge on any atom is -0.468 e. The van der Waals surface area contributed by atoms with Gasteiger partial charge in [-0.15, -0.1) is 11.8 Å². The van der Waals surface area contributed by atoms with Crippen LogP contribution in [0.4, 0.5) is 0 Å². The molecule has 0 saturated carbocycles. The molecule has 0 N–H and O–H groups in total. The van der Waals surface area contributed by atoms with Crippen LogP contribution in [0.1, 0.15) is 17.2 Å². The predicted octanol–water partition coefficient (Wildman–Crippen LogP) is 5.03. The van der Waals surface area contributed by atoms with E-state index in [1.165, 1.54) is 19.6 Å². The van der Waals surface area contributed by atoms with Gasteiger partial charge in [0.2, 0.25) is 0 Å². The van der Waals surface area contributed by atoms with Crippen molar-refractivity contribution in [2.75, 3.05) is 14.2 Å². The van der Waals surface area contributed by atoms with E-state index in [9.17, 15) is 9.59 Å². The zero-order valence-corrected chi connectivity index (χ0v) is 16.6. The fraction of sp³-hybridized carbons (Fsp3) is 0.217. The van der Waals surface area contributed by atoms with Gasteiger partial charge in [0.25, 0.3) is 0 Å². The first-order chi connectivity index (χ1) is 13.6. The van der Waals surface area contributed by atoms with Crippen LogP contribution in [0.25, 0.3) is 10.8 Å². The Balaban J connectivity index is 1.92. The third kappa shape index (κ3) is 4.73. The van der Waals surface area contributed by atoms with Gasteiger partial charge in [0.05, 0.1) is 14.2 Å². The minimum absolute atomic E-state index is 0.106. The molecule has 0 saturated heterocycles. The molecular weight excluding hydrogens is 372 g/mol. The fourth-order valence-electron chi connectivity index (χ4n) is 3.11. The van der Waals surface area contributed by atoms with Gasteiger partial charge >= 0.3 is 11.9 Å². The standard InChI is InChI=1S/C23H22O4S/c1-26-22(24)20(23(25)27-2)15-21(17-9-4-3-5-10-17)28-19-13-12-16-8-6-7-11-18(16)14-19/h3-14,20-21H,15H2,1-2H3. The van der Waals surface area contributed by atoms with Gasteiger partial charge in [-0.2, -0.15) is 0 Å². The molecule has 0 heterocycles. The number of carbonyl (C=O) groups is 2. The first-order valence-corrected chi connectivity index (χ1v) is 9.86. The molecule has 0 aliphatic carbocycles. The molecule has 0 aliphatic rings. The molecule has 144 valence electrons. The average Bonchev–Trinajstić information content (AvgIpc) is 2.76. The lowest BCUT2D eigenvalue weighted by Gasteiger charge is -2.21. The number of rotatable bonds is 7. The Morgan fingerprint density at radius 2 is 1.43 bits per heavy atom. The third-order valence-corrected chi connectivity index (χ3v) is 5.87. The Bertz CT molecular complexity index is 939. The monoisotopic (exact) mass is 394 g/mol. The summed E-state index contributed by atoms with van der Waals surface area (Å²) in [6.07, 6.45) is 0.293. The minimum atomic E-state index is -0.965. The Hall–Kier alpha value is -2.79. The van der Waals surface area contributed by atoms with Crippen molar-refractivity contribution in [3.05, 3.63) is 78.4 Å². The Morgan fingerprint density at radius 1 is 0.821 bits per heavy atom. The molecule has 28 heavy (non-hydrogen) atoms. The smallest absolute Gasteiger partial charge is 0.320 e. The molecule has 0 bridgehead atoms. The van der Waals surface area contributed by atoms with Crippen molar-refractivity contribution < 1.29 is 19.1 Å². The maximum Gasteiger partial charge on any atom is 0.320 e. The number of carbonyl (C=O) groups excluding carboxylic acids is 2. The summed E-state index contributed by atoms with van der Waals surface area (Å²) in [6.45, 7) is 0. The SMILES string of the molecule is COC(=O)C(CC(Sc1ccc2ccccc2c1)c1ccccc1)C(=O)OC. The normalized spacial score (nSPS) is 12.0. The second kappa shape index (κ2) is 9.42. The van der Waals surface area contributed by atoms with Crippen molar-refractivity contribution in [1.29, 1.82) is 0 Å². The number of methoxy groups -OCH3 is 2. The Morgan fingerprint density at radius 3 is 2.07 bits per heavy atom. The third-order valence-electron chi connectivity index (χ3n) is 4.59. The highest BCUT2D eigenvalue weighted by molar-refractivity contribution is 7.99. The number of fused-ring (bicyclic) bond motifs is 1.